The van der Waals surface area contributed by atoms with Gasteiger partial charge in [-0.1, -0.05) is 77.8 Å². The fraction of sp³-hybridized carbons (Fsp3) is 0.636. The first-order valence-electron chi connectivity index (χ1n) is 15.8. The molecule has 4 N–H and O–H groups in total. The molecule has 0 bridgehead atoms. The average Bonchev–Trinajstić information content (AvgIpc) is 3.84. The lowest BCUT2D eigenvalue weighted by molar-refractivity contribution is -0.145. The number of likely N-dealkylation sites (N-methyl/N-ethyl adjacent to an activating group) is 1. The Labute approximate surface area is 275 Å². The number of halogens is 1. The predicted octanol–water partition coefficient (Wildman–Crippen LogP) is 1.54. The SMILES string of the molecule is CN(C)C(=O)[C@@H](NC(=O)CNC(=O)C(=O)C(CC1CC1)NC(=O)[C@@H]1C2[C@H](CN1C(=O)C(NCl)C(C)(C)C)C2(C)C)c1ccccc1. The van der Waals surface area contributed by atoms with E-state index in [4.69, 9.17) is 11.8 Å². The Morgan fingerprint density at radius 3 is 2.20 bits per heavy atom. The fourth-order valence-corrected chi connectivity index (χ4v) is 6.97. The van der Waals surface area contributed by atoms with Gasteiger partial charge in [0.25, 0.3) is 5.91 Å². The maximum absolute atomic E-state index is 13.9. The van der Waals surface area contributed by atoms with Gasteiger partial charge in [0.15, 0.2) is 0 Å². The molecule has 0 aromatic heterocycles. The first-order valence-corrected chi connectivity index (χ1v) is 16.2. The summed E-state index contributed by atoms with van der Waals surface area (Å²) >= 11 is 5.99. The van der Waals surface area contributed by atoms with Gasteiger partial charge in [0, 0.05) is 20.6 Å². The second-order valence-electron chi connectivity index (χ2n) is 14.7. The van der Waals surface area contributed by atoms with E-state index in [2.05, 4.69) is 34.6 Å². The van der Waals surface area contributed by atoms with Crippen molar-refractivity contribution in [1.29, 1.82) is 0 Å². The molecule has 46 heavy (non-hydrogen) atoms. The van der Waals surface area contributed by atoms with Crippen LogP contribution in [0.25, 0.3) is 0 Å². The number of ketones is 1. The molecule has 1 heterocycles. The number of Topliss-reactive ketones (excluding diaryl/α,β-unsaturated/α-hetero) is 1. The van der Waals surface area contributed by atoms with Crippen molar-refractivity contribution in [2.75, 3.05) is 27.2 Å². The Bertz CT molecular complexity index is 1360. The molecule has 3 fully saturated rings. The predicted molar refractivity (Wildman–Crippen MR) is 172 cm³/mol. The highest BCUT2D eigenvalue weighted by Gasteiger charge is 2.69. The second-order valence-corrected chi connectivity index (χ2v) is 14.9. The molecule has 12 nitrogen and oxygen atoms in total. The minimum atomic E-state index is -1.11. The van der Waals surface area contributed by atoms with Crippen LogP contribution in [0.3, 0.4) is 0 Å². The van der Waals surface area contributed by atoms with Gasteiger partial charge in [-0.3, -0.25) is 28.8 Å². The minimum absolute atomic E-state index is 0.0935. The normalized spacial score (nSPS) is 23.3. The maximum atomic E-state index is 13.9. The van der Waals surface area contributed by atoms with Crippen LogP contribution in [0.4, 0.5) is 0 Å². The zero-order chi connectivity index (χ0) is 34.1. The number of amides is 5. The number of nitrogens with zero attached hydrogens (tertiary/aromatic N) is 2. The smallest absolute Gasteiger partial charge is 0.290 e. The van der Waals surface area contributed by atoms with E-state index in [0.29, 0.717) is 12.1 Å². The molecule has 2 aliphatic carbocycles. The molecule has 0 spiro atoms. The molecule has 1 aromatic rings. The quantitative estimate of drug-likeness (QED) is 0.185. The number of rotatable bonds is 13. The van der Waals surface area contributed by atoms with E-state index in [9.17, 15) is 28.8 Å². The summed E-state index contributed by atoms with van der Waals surface area (Å²) in [4.78, 5) is 85.0. The van der Waals surface area contributed by atoms with Gasteiger partial charge in [-0.2, -0.15) is 0 Å². The molecule has 252 valence electrons. The molecule has 5 amide bonds. The van der Waals surface area contributed by atoms with Crippen LogP contribution < -0.4 is 20.8 Å². The van der Waals surface area contributed by atoms with Crippen LogP contribution in [0.15, 0.2) is 30.3 Å². The average molecular weight is 659 g/mol. The zero-order valence-corrected chi connectivity index (χ0v) is 28.4. The largest absolute Gasteiger partial charge is 0.347 e. The highest BCUT2D eigenvalue weighted by molar-refractivity contribution is 6.38. The third-order valence-electron chi connectivity index (χ3n) is 9.64. The van der Waals surface area contributed by atoms with Gasteiger partial charge in [-0.05, 0) is 52.3 Å². The number of piperidine rings is 1. The molecule has 3 unspecified atom stereocenters. The Hall–Kier alpha value is -3.51. The monoisotopic (exact) mass is 658 g/mol. The fourth-order valence-electron chi connectivity index (χ4n) is 6.54. The summed E-state index contributed by atoms with van der Waals surface area (Å²) in [5.41, 5.74) is -0.102. The third kappa shape index (κ3) is 7.71. The lowest BCUT2D eigenvalue weighted by Gasteiger charge is -2.37. The van der Waals surface area contributed by atoms with E-state index in [1.54, 1.807) is 49.3 Å². The van der Waals surface area contributed by atoms with Crippen LogP contribution in [-0.2, 0) is 28.8 Å². The van der Waals surface area contributed by atoms with E-state index >= 15 is 0 Å². The molecule has 3 aliphatic rings. The van der Waals surface area contributed by atoms with Crippen LogP contribution in [0.2, 0.25) is 0 Å². The molecule has 0 radical (unpaired) electrons. The van der Waals surface area contributed by atoms with Gasteiger partial charge in [-0.25, -0.2) is 4.84 Å². The Kier molecular flexibility index (Phi) is 10.5. The van der Waals surface area contributed by atoms with Crippen molar-refractivity contribution in [3.63, 3.8) is 0 Å². The number of likely N-dealkylation sites (tertiary alicyclic amines) is 1. The van der Waals surface area contributed by atoms with Crippen molar-refractivity contribution in [3.05, 3.63) is 35.9 Å². The molecule has 6 atom stereocenters. The van der Waals surface area contributed by atoms with Crippen molar-refractivity contribution < 1.29 is 28.8 Å². The van der Waals surface area contributed by atoms with Gasteiger partial charge in [0.2, 0.25) is 29.4 Å². The van der Waals surface area contributed by atoms with E-state index in [1.807, 2.05) is 20.8 Å². The summed E-state index contributed by atoms with van der Waals surface area (Å²) in [6.07, 6.45) is 2.04. The van der Waals surface area contributed by atoms with Crippen molar-refractivity contribution >= 4 is 47.1 Å². The van der Waals surface area contributed by atoms with E-state index < -0.39 is 59.6 Å². The van der Waals surface area contributed by atoms with Crippen LogP contribution in [0, 0.1) is 28.6 Å². The molecule has 13 heteroatoms. The third-order valence-corrected chi connectivity index (χ3v) is 9.86. The van der Waals surface area contributed by atoms with Crippen molar-refractivity contribution in [3.8, 4) is 0 Å². The number of carbonyl (C=O) groups excluding carboxylic acids is 6. The van der Waals surface area contributed by atoms with Gasteiger partial charge in [0.05, 0.1) is 12.6 Å². The molecule has 4 rings (SSSR count). The highest BCUT2D eigenvalue weighted by atomic mass is 35.5. The summed E-state index contributed by atoms with van der Waals surface area (Å²) in [6.45, 7) is 9.62. The lowest BCUT2D eigenvalue weighted by Crippen LogP contribution is -2.59. The summed E-state index contributed by atoms with van der Waals surface area (Å²) in [7, 11) is 3.14. The number of nitrogens with one attached hydrogen (secondary N) is 4. The first kappa shape index (κ1) is 35.3. The Balaban J connectivity index is 1.43. The lowest BCUT2D eigenvalue weighted by atomic mass is 9.86. The van der Waals surface area contributed by atoms with Crippen molar-refractivity contribution in [2.45, 2.75) is 78.0 Å². The van der Waals surface area contributed by atoms with Crippen LogP contribution in [0.1, 0.15) is 65.5 Å². The van der Waals surface area contributed by atoms with Gasteiger partial charge >= 0.3 is 0 Å². The van der Waals surface area contributed by atoms with Crippen molar-refractivity contribution in [1.82, 2.24) is 30.6 Å². The van der Waals surface area contributed by atoms with E-state index in [-0.39, 0.29) is 41.4 Å². The maximum Gasteiger partial charge on any atom is 0.290 e. The van der Waals surface area contributed by atoms with Crippen molar-refractivity contribution in [2.24, 2.45) is 28.6 Å². The number of fused-ring (bicyclic) bond motifs is 1. The van der Waals surface area contributed by atoms with Gasteiger partial charge in [-0.15, -0.1) is 0 Å². The number of hydrogen-bond donors (Lipinski definition) is 4. The Morgan fingerprint density at radius 1 is 1.02 bits per heavy atom. The second kappa shape index (κ2) is 13.7. The van der Waals surface area contributed by atoms with Crippen LogP contribution >= 0.6 is 11.8 Å². The molecular formula is C33H47ClN6O6. The molecule has 2 saturated carbocycles. The number of hydrogen-bond acceptors (Lipinski definition) is 7. The van der Waals surface area contributed by atoms with E-state index in [0.717, 1.165) is 12.8 Å². The zero-order valence-electron chi connectivity index (χ0n) is 27.7. The number of benzene rings is 1. The number of carbonyl (C=O) groups is 6. The summed E-state index contributed by atoms with van der Waals surface area (Å²) in [5.74, 6) is -3.44. The summed E-state index contributed by atoms with van der Waals surface area (Å²) < 4.78 is 0. The van der Waals surface area contributed by atoms with Crippen LogP contribution in [-0.4, -0.2) is 90.4 Å². The topological polar surface area (TPSA) is 157 Å². The van der Waals surface area contributed by atoms with Gasteiger partial charge < -0.3 is 25.8 Å². The first-order chi connectivity index (χ1) is 21.5. The molecule has 1 aromatic carbocycles. The van der Waals surface area contributed by atoms with E-state index in [1.165, 1.54) is 4.90 Å². The molecular weight excluding hydrogens is 612 g/mol. The summed E-state index contributed by atoms with van der Waals surface area (Å²) in [6, 6.07) is 5.06. The highest BCUT2D eigenvalue weighted by Crippen LogP contribution is 2.65. The molecule has 1 saturated heterocycles. The summed E-state index contributed by atoms with van der Waals surface area (Å²) in [5, 5.41) is 7.79. The van der Waals surface area contributed by atoms with Gasteiger partial charge in [0.1, 0.15) is 18.1 Å². The standard InChI is InChI=1S/C33H47ClN6O6/c1-32(2,3)27(38-34)31(46)40-17-20-23(33(20,4)5)25(40)28(43)36-21(15-18-13-14-18)26(42)29(44)35-16-22(41)37-24(30(45)39(6)7)19-11-9-8-10-12-19/h8-12,18,20-21,23-25,27,38H,13-17H2,1-7H3,(H,35,44)(H,36,43)(H,37,41)/t20-,21?,23?,24-,25-,27?/m0/s1. The minimum Gasteiger partial charge on any atom is -0.347 e. The molecule has 1 aliphatic heterocycles. The Morgan fingerprint density at radius 2 is 1.65 bits per heavy atom. The van der Waals surface area contributed by atoms with Crippen LogP contribution in [0.5, 0.6) is 0 Å².